The molecule has 0 amide bonds. The summed E-state index contributed by atoms with van der Waals surface area (Å²) in [7, 11) is 0. The van der Waals surface area contributed by atoms with Crippen molar-refractivity contribution in [2.75, 3.05) is 12.3 Å². The quantitative estimate of drug-likeness (QED) is 0.370. The lowest BCUT2D eigenvalue weighted by Gasteiger charge is -2.07. The van der Waals surface area contributed by atoms with Crippen molar-refractivity contribution in [2.24, 2.45) is 0 Å². The number of ether oxygens (including phenoxy) is 1. The van der Waals surface area contributed by atoms with Gasteiger partial charge in [0.2, 0.25) is 0 Å². The van der Waals surface area contributed by atoms with Crippen LogP contribution in [0.15, 0.2) is 41.5 Å². The third-order valence-electron chi connectivity index (χ3n) is 2.74. The molecule has 0 aliphatic carbocycles. The molecule has 0 bridgehead atoms. The molecule has 21 heavy (non-hydrogen) atoms. The van der Waals surface area contributed by atoms with Gasteiger partial charge in [-0.3, -0.25) is 14.7 Å². The Balaban J connectivity index is 1.88. The van der Waals surface area contributed by atoms with E-state index in [4.69, 9.17) is 10.5 Å². The Hall–Kier alpha value is -2.90. The second-order valence-electron chi connectivity index (χ2n) is 4.32. The van der Waals surface area contributed by atoms with E-state index in [1.54, 1.807) is 24.3 Å². The summed E-state index contributed by atoms with van der Waals surface area (Å²) in [5.41, 5.74) is 5.47. The van der Waals surface area contributed by atoms with Crippen molar-refractivity contribution in [3.8, 4) is 5.75 Å². The van der Waals surface area contributed by atoms with Crippen molar-refractivity contribution < 1.29 is 9.66 Å². The highest BCUT2D eigenvalue weighted by Crippen LogP contribution is 2.13. The molecule has 0 radical (unpaired) electrons. The molecular weight excluding hydrogens is 276 g/mol. The van der Waals surface area contributed by atoms with Crippen molar-refractivity contribution >= 4 is 11.4 Å². The molecule has 0 unspecified atom stereocenters. The highest BCUT2D eigenvalue weighted by Gasteiger charge is 2.08. The normalized spacial score (nSPS) is 10.3. The van der Waals surface area contributed by atoms with Crippen molar-refractivity contribution in [3.05, 3.63) is 57.3 Å². The Kier molecular flexibility index (Phi) is 4.50. The molecule has 8 nitrogen and oxygen atoms in total. The van der Waals surface area contributed by atoms with Crippen molar-refractivity contribution in [1.82, 2.24) is 9.55 Å². The van der Waals surface area contributed by atoms with Crippen LogP contribution in [0.1, 0.15) is 6.42 Å². The van der Waals surface area contributed by atoms with Crippen molar-refractivity contribution in [3.63, 3.8) is 0 Å². The minimum atomic E-state index is -0.589. The summed E-state index contributed by atoms with van der Waals surface area (Å²) in [5.74, 6) is 0.675. The van der Waals surface area contributed by atoms with E-state index in [-0.39, 0.29) is 5.69 Å². The van der Waals surface area contributed by atoms with Gasteiger partial charge in [0.25, 0.3) is 0 Å². The molecule has 110 valence electrons. The van der Waals surface area contributed by atoms with Gasteiger partial charge in [-0.15, -0.1) is 0 Å². The second kappa shape index (κ2) is 6.51. The van der Waals surface area contributed by atoms with E-state index in [1.807, 2.05) is 0 Å². The third-order valence-corrected chi connectivity index (χ3v) is 2.74. The van der Waals surface area contributed by atoms with Crippen LogP contribution in [0.4, 0.5) is 11.4 Å². The fourth-order valence-electron chi connectivity index (χ4n) is 1.69. The predicted octanol–water partition coefficient (Wildman–Crippen LogP) is 1.20. The van der Waals surface area contributed by atoms with E-state index < -0.39 is 10.6 Å². The number of aryl methyl sites for hydroxylation is 1. The van der Waals surface area contributed by atoms with Gasteiger partial charge in [-0.1, -0.05) is 0 Å². The molecule has 0 saturated heterocycles. The molecule has 0 aliphatic heterocycles. The molecule has 0 aliphatic rings. The molecule has 2 N–H and O–H groups in total. The van der Waals surface area contributed by atoms with E-state index in [0.717, 1.165) is 6.20 Å². The summed E-state index contributed by atoms with van der Waals surface area (Å²) in [6.45, 7) is 0.668. The second-order valence-corrected chi connectivity index (χ2v) is 4.32. The molecule has 1 heterocycles. The van der Waals surface area contributed by atoms with Crippen molar-refractivity contribution in [2.45, 2.75) is 13.0 Å². The number of hydrogen-bond donors (Lipinski definition) is 1. The van der Waals surface area contributed by atoms with Gasteiger partial charge >= 0.3 is 11.4 Å². The maximum absolute atomic E-state index is 11.5. The first-order valence-corrected chi connectivity index (χ1v) is 6.25. The van der Waals surface area contributed by atoms with Gasteiger partial charge in [0, 0.05) is 12.2 Å². The summed E-state index contributed by atoms with van der Waals surface area (Å²) in [6.07, 6.45) is 2.65. The molecule has 2 rings (SSSR count). The number of nitrogen functional groups attached to an aromatic ring is 1. The van der Waals surface area contributed by atoms with Crippen LogP contribution in [0.3, 0.4) is 0 Å². The maximum Gasteiger partial charge on any atom is 0.347 e. The zero-order valence-electron chi connectivity index (χ0n) is 11.1. The fraction of sp³-hybridized carbons (Fsp3) is 0.231. The Morgan fingerprint density at radius 3 is 2.71 bits per heavy atom. The summed E-state index contributed by atoms with van der Waals surface area (Å²) in [4.78, 5) is 25.0. The molecule has 0 saturated carbocycles. The fourth-order valence-corrected chi connectivity index (χ4v) is 1.69. The lowest BCUT2D eigenvalue weighted by molar-refractivity contribution is -0.385. The molecule has 0 fully saturated rings. The number of rotatable bonds is 6. The number of benzene rings is 1. The molecule has 8 heteroatoms. The topological polar surface area (TPSA) is 113 Å². The van der Waals surface area contributed by atoms with Gasteiger partial charge in [-0.05, 0) is 30.7 Å². The smallest absolute Gasteiger partial charge is 0.347 e. The average molecular weight is 290 g/mol. The van der Waals surface area contributed by atoms with Crippen LogP contribution in [-0.4, -0.2) is 21.1 Å². The van der Waals surface area contributed by atoms with E-state index >= 15 is 0 Å². The molecule has 1 aromatic carbocycles. The molecular formula is C13H14N4O4. The van der Waals surface area contributed by atoms with Crippen LogP contribution in [0, 0.1) is 10.1 Å². The highest BCUT2D eigenvalue weighted by atomic mass is 16.6. The molecule has 0 atom stereocenters. The SMILES string of the molecule is Nc1ccc(OCCCn2cc([N+](=O)[O-])cnc2=O)cc1. The minimum absolute atomic E-state index is 0.214. The first-order chi connectivity index (χ1) is 10.1. The van der Waals surface area contributed by atoms with Crippen LogP contribution < -0.4 is 16.2 Å². The van der Waals surface area contributed by atoms with Crippen LogP contribution in [-0.2, 0) is 6.54 Å². The number of hydrogen-bond acceptors (Lipinski definition) is 6. The van der Waals surface area contributed by atoms with E-state index in [0.29, 0.717) is 31.0 Å². The van der Waals surface area contributed by atoms with Crippen molar-refractivity contribution in [1.29, 1.82) is 0 Å². The maximum atomic E-state index is 11.5. The van der Waals surface area contributed by atoms with Gasteiger partial charge in [0.15, 0.2) is 0 Å². The Labute approximate surface area is 120 Å². The number of nitrogens with two attached hydrogens (primary N) is 1. The first-order valence-electron chi connectivity index (χ1n) is 6.25. The van der Waals surface area contributed by atoms with E-state index in [1.165, 1.54) is 10.8 Å². The predicted molar refractivity (Wildman–Crippen MR) is 76.1 cm³/mol. The van der Waals surface area contributed by atoms with Crippen LogP contribution in [0.2, 0.25) is 0 Å². The van der Waals surface area contributed by atoms with Gasteiger partial charge in [0.05, 0.1) is 17.7 Å². The number of anilines is 1. The zero-order valence-corrected chi connectivity index (χ0v) is 11.1. The van der Waals surface area contributed by atoms with Gasteiger partial charge in [-0.2, -0.15) is 4.98 Å². The van der Waals surface area contributed by atoms with Gasteiger partial charge in [-0.25, -0.2) is 4.79 Å². The van der Waals surface area contributed by atoms with Crippen LogP contribution in [0.25, 0.3) is 0 Å². The Morgan fingerprint density at radius 1 is 1.33 bits per heavy atom. The van der Waals surface area contributed by atoms with Crippen LogP contribution >= 0.6 is 0 Å². The van der Waals surface area contributed by atoms with Gasteiger partial charge in [0.1, 0.15) is 11.9 Å². The number of nitro groups is 1. The summed E-state index contributed by atoms with van der Waals surface area (Å²) < 4.78 is 6.67. The molecule has 2 aromatic rings. The average Bonchev–Trinajstić information content (AvgIpc) is 2.47. The zero-order chi connectivity index (χ0) is 15.2. The Morgan fingerprint density at radius 2 is 2.05 bits per heavy atom. The number of nitrogens with zero attached hydrogens (tertiary/aromatic N) is 3. The molecule has 1 aromatic heterocycles. The molecule has 0 spiro atoms. The monoisotopic (exact) mass is 290 g/mol. The number of aromatic nitrogens is 2. The lowest BCUT2D eigenvalue weighted by atomic mass is 10.3. The third kappa shape index (κ3) is 4.03. The van der Waals surface area contributed by atoms with E-state index in [2.05, 4.69) is 4.98 Å². The van der Waals surface area contributed by atoms with Gasteiger partial charge < -0.3 is 10.5 Å². The summed E-state index contributed by atoms with van der Waals surface area (Å²) in [5, 5.41) is 10.6. The largest absolute Gasteiger partial charge is 0.494 e. The minimum Gasteiger partial charge on any atom is -0.494 e. The summed E-state index contributed by atoms with van der Waals surface area (Å²) in [6, 6.07) is 6.95. The first kappa shape index (κ1) is 14.5. The van der Waals surface area contributed by atoms with Crippen LogP contribution in [0.5, 0.6) is 5.75 Å². The standard InChI is InChI=1S/C13H14N4O4/c14-10-2-4-12(5-3-10)21-7-1-6-16-9-11(17(19)20)8-15-13(16)18/h2-5,8-9H,1,6-7,14H2. The van der Waals surface area contributed by atoms with E-state index in [9.17, 15) is 14.9 Å². The Bertz CT molecular complexity index is 681. The summed E-state index contributed by atoms with van der Waals surface area (Å²) >= 11 is 0. The highest BCUT2D eigenvalue weighted by molar-refractivity contribution is 5.41. The lowest BCUT2D eigenvalue weighted by Crippen LogP contribution is -2.23.